The molecule has 0 atom stereocenters. The van der Waals surface area contributed by atoms with Gasteiger partial charge in [0, 0.05) is 18.0 Å². The lowest BCUT2D eigenvalue weighted by Gasteiger charge is -2.09. The molecule has 0 spiro atoms. The predicted octanol–water partition coefficient (Wildman–Crippen LogP) is 4.94. The summed E-state index contributed by atoms with van der Waals surface area (Å²) in [6, 6.07) is 7.78. The number of pyridine rings is 2. The molecule has 0 saturated heterocycles. The number of hydrogen-bond acceptors (Lipinski definition) is 4. The molecule has 3 heterocycles. The summed E-state index contributed by atoms with van der Waals surface area (Å²) in [5.41, 5.74) is 3.27. The third-order valence-electron chi connectivity index (χ3n) is 4.07. The van der Waals surface area contributed by atoms with Crippen LogP contribution in [0.15, 0.2) is 55.1 Å². The summed E-state index contributed by atoms with van der Waals surface area (Å²) >= 11 is 5.91. The molecule has 0 fully saturated rings. The molecular weight excluding hydrogens is 393 g/mol. The molecule has 0 aliphatic carbocycles. The van der Waals surface area contributed by atoms with E-state index in [9.17, 15) is 13.2 Å². The number of halogens is 4. The third kappa shape index (κ3) is 3.77. The Balaban J connectivity index is 1.72. The molecule has 0 N–H and O–H groups in total. The Morgan fingerprint density at radius 2 is 1.89 bits per heavy atom. The summed E-state index contributed by atoms with van der Waals surface area (Å²) in [6.07, 6.45) is 5.89. The van der Waals surface area contributed by atoms with Gasteiger partial charge in [0.15, 0.2) is 0 Å². The van der Waals surface area contributed by atoms with Crippen LogP contribution in [0, 0.1) is 5.82 Å². The van der Waals surface area contributed by atoms with Crippen LogP contribution in [0.2, 0.25) is 5.02 Å². The van der Waals surface area contributed by atoms with Crippen molar-refractivity contribution >= 4 is 22.6 Å². The van der Waals surface area contributed by atoms with Crippen LogP contribution in [0.4, 0.5) is 13.2 Å². The van der Waals surface area contributed by atoms with E-state index >= 15 is 0 Å². The van der Waals surface area contributed by atoms with E-state index < -0.39 is 12.4 Å². The molecule has 4 rings (SSSR count). The maximum absolute atomic E-state index is 13.4. The Morgan fingerprint density at radius 1 is 1.04 bits per heavy atom. The van der Waals surface area contributed by atoms with Crippen LogP contribution >= 0.6 is 11.6 Å². The zero-order valence-electron chi connectivity index (χ0n) is 14.2. The Hall–Kier alpha value is -3.13. The van der Waals surface area contributed by atoms with Crippen LogP contribution in [0.25, 0.3) is 22.2 Å². The summed E-state index contributed by atoms with van der Waals surface area (Å²) < 4.78 is 44.6. The van der Waals surface area contributed by atoms with Crippen molar-refractivity contribution in [1.29, 1.82) is 0 Å². The van der Waals surface area contributed by atoms with E-state index in [1.165, 1.54) is 18.2 Å². The first-order chi connectivity index (χ1) is 13.5. The molecule has 0 saturated carbocycles. The number of alkyl halides is 2. The van der Waals surface area contributed by atoms with Crippen LogP contribution in [-0.4, -0.2) is 26.4 Å². The maximum Gasteiger partial charge on any atom is 0.387 e. The number of nitrogens with zero attached hydrogens (tertiary/aromatic N) is 4. The van der Waals surface area contributed by atoms with E-state index in [0.29, 0.717) is 34.3 Å². The fourth-order valence-electron chi connectivity index (χ4n) is 2.82. The molecule has 0 aliphatic rings. The van der Waals surface area contributed by atoms with Crippen molar-refractivity contribution < 1.29 is 17.9 Å². The quantitative estimate of drug-likeness (QED) is 0.473. The van der Waals surface area contributed by atoms with Gasteiger partial charge in [0.2, 0.25) is 0 Å². The van der Waals surface area contributed by atoms with Gasteiger partial charge < -0.3 is 4.74 Å². The normalized spacial score (nSPS) is 11.3. The van der Waals surface area contributed by atoms with Gasteiger partial charge in [-0.25, -0.2) is 4.39 Å². The van der Waals surface area contributed by atoms with Gasteiger partial charge in [-0.3, -0.25) is 14.6 Å². The van der Waals surface area contributed by atoms with Crippen molar-refractivity contribution in [3.05, 3.63) is 71.5 Å². The second kappa shape index (κ2) is 7.47. The highest BCUT2D eigenvalue weighted by atomic mass is 35.5. The number of fused-ring (bicyclic) bond motifs is 1. The molecule has 3 aromatic heterocycles. The van der Waals surface area contributed by atoms with Gasteiger partial charge in [0.1, 0.15) is 17.1 Å². The zero-order chi connectivity index (χ0) is 19.7. The molecule has 5 nitrogen and oxygen atoms in total. The van der Waals surface area contributed by atoms with E-state index in [1.54, 1.807) is 29.3 Å². The number of aromatic nitrogens is 4. The van der Waals surface area contributed by atoms with Gasteiger partial charge in [-0.05, 0) is 35.4 Å². The first-order valence-corrected chi connectivity index (χ1v) is 8.53. The molecule has 0 radical (unpaired) electrons. The molecule has 0 unspecified atom stereocenters. The largest absolute Gasteiger partial charge is 0.433 e. The van der Waals surface area contributed by atoms with Gasteiger partial charge in [0.05, 0.1) is 29.5 Å². The van der Waals surface area contributed by atoms with Crippen LogP contribution in [0.3, 0.4) is 0 Å². The van der Waals surface area contributed by atoms with Crippen molar-refractivity contribution in [3.8, 4) is 16.9 Å². The van der Waals surface area contributed by atoms with E-state index in [0.717, 1.165) is 6.20 Å². The standard InChI is InChI=1S/C19H12ClF3N4O/c20-15-2-1-12(5-18(15)28-19(22)23)13-4-17-16(25-7-13)9-26-27(17)10-11-3-14(21)8-24-6-11/h1-9,19H,10H2. The van der Waals surface area contributed by atoms with Gasteiger partial charge in [-0.15, -0.1) is 0 Å². The van der Waals surface area contributed by atoms with Crippen molar-refractivity contribution in [2.75, 3.05) is 0 Å². The van der Waals surface area contributed by atoms with E-state index in [1.807, 2.05) is 6.07 Å². The van der Waals surface area contributed by atoms with Gasteiger partial charge in [-0.2, -0.15) is 13.9 Å². The maximum atomic E-state index is 13.4. The second-order valence-corrected chi connectivity index (χ2v) is 6.37. The number of benzene rings is 1. The molecule has 1 aromatic carbocycles. The zero-order valence-corrected chi connectivity index (χ0v) is 14.9. The highest BCUT2D eigenvalue weighted by Gasteiger charge is 2.12. The summed E-state index contributed by atoms with van der Waals surface area (Å²) in [6.45, 7) is -2.67. The Bertz CT molecular complexity index is 1150. The lowest BCUT2D eigenvalue weighted by Crippen LogP contribution is -2.03. The minimum Gasteiger partial charge on any atom is -0.433 e. The lowest BCUT2D eigenvalue weighted by atomic mass is 10.1. The summed E-state index contributed by atoms with van der Waals surface area (Å²) in [5.74, 6) is -0.547. The summed E-state index contributed by atoms with van der Waals surface area (Å²) in [7, 11) is 0. The van der Waals surface area contributed by atoms with E-state index in [4.69, 9.17) is 11.6 Å². The highest BCUT2D eigenvalue weighted by molar-refractivity contribution is 6.32. The SMILES string of the molecule is Fc1cncc(Cn2ncc3ncc(-c4ccc(Cl)c(OC(F)F)c4)cc32)c1. The lowest BCUT2D eigenvalue weighted by molar-refractivity contribution is -0.0497. The van der Waals surface area contributed by atoms with Crippen molar-refractivity contribution in [3.63, 3.8) is 0 Å². The second-order valence-electron chi connectivity index (χ2n) is 5.97. The molecule has 28 heavy (non-hydrogen) atoms. The fraction of sp³-hybridized carbons (Fsp3) is 0.105. The van der Waals surface area contributed by atoms with Crippen LogP contribution in [0.5, 0.6) is 5.75 Å². The number of rotatable bonds is 5. The first kappa shape index (κ1) is 18.2. The van der Waals surface area contributed by atoms with Gasteiger partial charge >= 0.3 is 6.61 Å². The summed E-state index contributed by atoms with van der Waals surface area (Å²) in [4.78, 5) is 8.19. The van der Waals surface area contributed by atoms with Crippen molar-refractivity contribution in [2.45, 2.75) is 13.2 Å². The first-order valence-electron chi connectivity index (χ1n) is 8.15. The molecule has 0 amide bonds. The van der Waals surface area contributed by atoms with E-state index in [-0.39, 0.29) is 10.8 Å². The summed E-state index contributed by atoms with van der Waals surface area (Å²) in [5, 5.41) is 4.37. The molecule has 142 valence electrons. The van der Waals surface area contributed by atoms with Crippen LogP contribution < -0.4 is 4.74 Å². The average Bonchev–Trinajstić information content (AvgIpc) is 3.05. The van der Waals surface area contributed by atoms with Gasteiger partial charge in [-0.1, -0.05) is 17.7 Å². The molecule has 9 heteroatoms. The van der Waals surface area contributed by atoms with Crippen molar-refractivity contribution in [2.24, 2.45) is 0 Å². The fourth-order valence-corrected chi connectivity index (χ4v) is 2.99. The smallest absolute Gasteiger partial charge is 0.387 e. The Labute approximate surface area is 162 Å². The monoisotopic (exact) mass is 404 g/mol. The Morgan fingerprint density at radius 3 is 2.68 bits per heavy atom. The van der Waals surface area contributed by atoms with Crippen molar-refractivity contribution in [1.82, 2.24) is 19.7 Å². The van der Waals surface area contributed by atoms with E-state index in [2.05, 4.69) is 19.8 Å². The number of ether oxygens (including phenoxy) is 1. The molecule has 0 bridgehead atoms. The average molecular weight is 405 g/mol. The number of hydrogen-bond donors (Lipinski definition) is 0. The van der Waals surface area contributed by atoms with Crippen LogP contribution in [-0.2, 0) is 6.54 Å². The Kier molecular flexibility index (Phi) is 4.87. The minimum atomic E-state index is -2.98. The molecule has 0 aliphatic heterocycles. The highest BCUT2D eigenvalue weighted by Crippen LogP contribution is 2.32. The predicted molar refractivity (Wildman–Crippen MR) is 97.9 cm³/mol. The van der Waals surface area contributed by atoms with Gasteiger partial charge in [0.25, 0.3) is 0 Å². The minimum absolute atomic E-state index is 0.0849. The molecule has 4 aromatic rings. The topological polar surface area (TPSA) is 52.8 Å². The van der Waals surface area contributed by atoms with Crippen LogP contribution in [0.1, 0.15) is 5.56 Å². The molecular formula is C19H12ClF3N4O. The third-order valence-corrected chi connectivity index (χ3v) is 4.38.